The van der Waals surface area contributed by atoms with Gasteiger partial charge in [0, 0.05) is 22.2 Å². The minimum Gasteiger partial charge on any atom is -0.245 e. The van der Waals surface area contributed by atoms with Gasteiger partial charge in [0.1, 0.15) is 9.04 Å². The Labute approximate surface area is 156 Å². The number of sulfone groups is 1. The number of pyridine rings is 1. The zero-order chi connectivity index (χ0) is 17.4. The fourth-order valence-corrected chi connectivity index (χ4v) is 7.43. The lowest BCUT2D eigenvalue weighted by molar-refractivity contribution is 0.484. The van der Waals surface area contributed by atoms with E-state index in [1.165, 1.54) is 11.3 Å². The van der Waals surface area contributed by atoms with Crippen molar-refractivity contribution in [3.63, 3.8) is 0 Å². The molecule has 0 radical (unpaired) electrons. The first-order valence-electron chi connectivity index (χ1n) is 8.45. The third-order valence-electron chi connectivity index (χ3n) is 4.82. The molecule has 3 aromatic rings. The van der Waals surface area contributed by atoms with Crippen molar-refractivity contribution < 1.29 is 8.42 Å². The van der Waals surface area contributed by atoms with Gasteiger partial charge >= 0.3 is 0 Å². The molecule has 1 saturated carbocycles. The second-order valence-electron chi connectivity index (χ2n) is 6.43. The molecule has 0 unspecified atom stereocenters. The van der Waals surface area contributed by atoms with Crippen LogP contribution in [0, 0.1) is 0 Å². The van der Waals surface area contributed by atoms with E-state index < -0.39 is 9.84 Å². The molecular weight excluding hydrogens is 374 g/mol. The number of hydrogen-bond donors (Lipinski definition) is 0. The molecule has 130 valence electrons. The fourth-order valence-electron chi connectivity index (χ4n) is 3.53. The second-order valence-corrected chi connectivity index (χ2v) is 10.3. The van der Waals surface area contributed by atoms with Crippen LogP contribution < -0.4 is 0 Å². The summed E-state index contributed by atoms with van der Waals surface area (Å²) in [5, 5.41) is 1.25. The third kappa shape index (κ3) is 3.09. The minimum atomic E-state index is -3.37. The summed E-state index contributed by atoms with van der Waals surface area (Å²) in [5.41, 5.74) is 1.65. The van der Waals surface area contributed by atoms with Gasteiger partial charge in [0.2, 0.25) is 0 Å². The molecule has 25 heavy (non-hydrogen) atoms. The van der Waals surface area contributed by atoms with E-state index in [4.69, 9.17) is 11.6 Å². The van der Waals surface area contributed by atoms with E-state index in [9.17, 15) is 8.42 Å². The molecule has 3 nitrogen and oxygen atoms in total. The molecule has 0 N–H and O–H groups in total. The molecule has 2 aromatic heterocycles. The first kappa shape index (κ1) is 17.0. The van der Waals surface area contributed by atoms with Crippen molar-refractivity contribution in [3.05, 3.63) is 47.6 Å². The highest BCUT2D eigenvalue weighted by atomic mass is 35.5. The molecule has 0 atom stereocenters. The number of thiophene rings is 1. The molecule has 1 aromatic carbocycles. The molecule has 0 bridgehead atoms. The van der Waals surface area contributed by atoms with Gasteiger partial charge in [0.25, 0.3) is 0 Å². The Hall–Kier alpha value is -1.43. The lowest BCUT2D eigenvalue weighted by Crippen LogP contribution is -2.23. The van der Waals surface area contributed by atoms with Crippen molar-refractivity contribution in [1.82, 2.24) is 4.98 Å². The van der Waals surface area contributed by atoms with E-state index in [0.29, 0.717) is 9.23 Å². The zero-order valence-corrected chi connectivity index (χ0v) is 16.0. The van der Waals surface area contributed by atoms with E-state index in [1.807, 2.05) is 24.3 Å². The van der Waals surface area contributed by atoms with Gasteiger partial charge in [-0.25, -0.2) is 13.4 Å². The van der Waals surface area contributed by atoms with Gasteiger partial charge in [0.05, 0.1) is 5.25 Å². The topological polar surface area (TPSA) is 47.0 Å². The number of fused-ring (bicyclic) bond motifs is 1. The predicted octanol–water partition coefficient (Wildman–Crippen LogP) is 5.72. The summed E-state index contributed by atoms with van der Waals surface area (Å²) in [6, 6.07) is 11.2. The van der Waals surface area contributed by atoms with Gasteiger partial charge in [0.15, 0.2) is 9.84 Å². The molecule has 6 heteroatoms. The van der Waals surface area contributed by atoms with E-state index in [0.717, 1.165) is 53.4 Å². The third-order valence-corrected chi connectivity index (χ3v) is 8.99. The van der Waals surface area contributed by atoms with Crippen LogP contribution in [0.3, 0.4) is 0 Å². The second kappa shape index (κ2) is 6.71. The maximum absolute atomic E-state index is 13.4. The molecular formula is C19H18ClNO2S2. The molecule has 4 rings (SSSR count). The van der Waals surface area contributed by atoms with Gasteiger partial charge in [-0.05, 0) is 42.7 Å². The largest absolute Gasteiger partial charge is 0.245 e. The number of benzene rings is 1. The normalized spacial score (nSPS) is 16.4. The van der Waals surface area contributed by atoms with Crippen LogP contribution in [0.25, 0.3) is 21.3 Å². The summed E-state index contributed by atoms with van der Waals surface area (Å²) in [5.74, 6) is 0. The maximum Gasteiger partial charge on any atom is 0.191 e. The van der Waals surface area contributed by atoms with Crippen LogP contribution in [0.4, 0.5) is 0 Å². The van der Waals surface area contributed by atoms with Crippen LogP contribution in [0.1, 0.15) is 32.1 Å². The Morgan fingerprint density at radius 1 is 1.04 bits per heavy atom. The van der Waals surface area contributed by atoms with Crippen molar-refractivity contribution in [2.24, 2.45) is 0 Å². The van der Waals surface area contributed by atoms with Crippen LogP contribution in [0.15, 0.2) is 46.8 Å². The van der Waals surface area contributed by atoms with Crippen LogP contribution in [-0.2, 0) is 9.84 Å². The molecule has 0 saturated heterocycles. The fraction of sp³-hybridized carbons (Fsp3) is 0.316. The number of nitrogens with zero attached hydrogens (tertiary/aromatic N) is 1. The zero-order valence-electron chi connectivity index (χ0n) is 13.6. The molecule has 1 aliphatic carbocycles. The summed E-state index contributed by atoms with van der Waals surface area (Å²) >= 11 is 7.31. The molecule has 2 heterocycles. The Morgan fingerprint density at radius 2 is 1.76 bits per heavy atom. The molecule has 0 spiro atoms. The maximum atomic E-state index is 13.4. The summed E-state index contributed by atoms with van der Waals surface area (Å²) < 4.78 is 27.2. The highest BCUT2D eigenvalue weighted by Gasteiger charge is 2.33. The Morgan fingerprint density at radius 3 is 2.48 bits per heavy atom. The summed E-state index contributed by atoms with van der Waals surface area (Å²) in [4.78, 5) is 5.16. The molecule has 0 aliphatic heterocycles. The van der Waals surface area contributed by atoms with Crippen molar-refractivity contribution in [2.45, 2.75) is 41.6 Å². The minimum absolute atomic E-state index is 0.277. The lowest BCUT2D eigenvalue weighted by Gasteiger charge is -2.21. The van der Waals surface area contributed by atoms with Crippen molar-refractivity contribution >= 4 is 43.0 Å². The van der Waals surface area contributed by atoms with Gasteiger partial charge in [-0.2, -0.15) is 0 Å². The monoisotopic (exact) mass is 391 g/mol. The van der Waals surface area contributed by atoms with Gasteiger partial charge in [-0.15, -0.1) is 11.3 Å². The number of aromatic nitrogens is 1. The SMILES string of the molecule is O=S(=O)(c1sc2ncccc2c1-c1ccc(Cl)cc1)C1CCCCC1. The Kier molecular flexibility index (Phi) is 4.56. The van der Waals surface area contributed by atoms with E-state index in [1.54, 1.807) is 18.3 Å². The van der Waals surface area contributed by atoms with Crippen LogP contribution in [-0.4, -0.2) is 18.7 Å². The van der Waals surface area contributed by atoms with Crippen LogP contribution >= 0.6 is 22.9 Å². The van der Waals surface area contributed by atoms with Crippen molar-refractivity contribution in [2.75, 3.05) is 0 Å². The molecule has 1 aliphatic rings. The standard InChI is InChI=1S/C19H18ClNO2S2/c20-14-10-8-13(9-11-14)17-16-7-4-12-21-18(16)24-19(17)25(22,23)15-5-2-1-3-6-15/h4,7-12,15H,1-3,5-6H2. The van der Waals surface area contributed by atoms with E-state index in [2.05, 4.69) is 4.98 Å². The Bertz CT molecular complexity index is 1000. The molecule has 0 amide bonds. The average molecular weight is 392 g/mol. The average Bonchev–Trinajstić information content (AvgIpc) is 3.03. The number of rotatable bonds is 3. The highest BCUT2D eigenvalue weighted by molar-refractivity contribution is 7.94. The lowest BCUT2D eigenvalue weighted by atomic mass is 10.0. The van der Waals surface area contributed by atoms with Crippen molar-refractivity contribution in [1.29, 1.82) is 0 Å². The summed E-state index contributed by atoms with van der Waals surface area (Å²) in [6.45, 7) is 0. The highest BCUT2D eigenvalue weighted by Crippen LogP contribution is 2.43. The van der Waals surface area contributed by atoms with Crippen molar-refractivity contribution in [3.8, 4) is 11.1 Å². The summed E-state index contributed by atoms with van der Waals surface area (Å²) in [6.07, 6.45) is 6.33. The number of hydrogen-bond acceptors (Lipinski definition) is 4. The van der Waals surface area contributed by atoms with Gasteiger partial charge in [-0.3, -0.25) is 0 Å². The summed E-state index contributed by atoms with van der Waals surface area (Å²) in [7, 11) is -3.37. The van der Waals surface area contributed by atoms with E-state index in [-0.39, 0.29) is 5.25 Å². The van der Waals surface area contributed by atoms with E-state index >= 15 is 0 Å². The van der Waals surface area contributed by atoms with Gasteiger partial charge < -0.3 is 0 Å². The smallest absolute Gasteiger partial charge is 0.191 e. The number of halogens is 1. The predicted molar refractivity (Wildman–Crippen MR) is 104 cm³/mol. The first-order chi connectivity index (χ1) is 12.1. The first-order valence-corrected chi connectivity index (χ1v) is 11.2. The van der Waals surface area contributed by atoms with Crippen LogP contribution in [0.5, 0.6) is 0 Å². The van der Waals surface area contributed by atoms with Gasteiger partial charge in [-0.1, -0.05) is 43.0 Å². The Balaban J connectivity index is 1.94. The van der Waals surface area contributed by atoms with Crippen LogP contribution in [0.2, 0.25) is 5.02 Å². The molecule has 1 fully saturated rings. The quantitative estimate of drug-likeness (QED) is 0.573.